The van der Waals surface area contributed by atoms with Crippen LogP contribution in [0.25, 0.3) is 10.9 Å². The Morgan fingerprint density at radius 1 is 1.17 bits per heavy atom. The molecule has 2 aromatic carbocycles. The fraction of sp³-hybridized carbons (Fsp3) is 0.375. The Morgan fingerprint density at radius 3 is 2.57 bits per heavy atom. The van der Waals surface area contributed by atoms with Crippen molar-refractivity contribution in [1.82, 2.24) is 14.9 Å². The highest BCUT2D eigenvalue weighted by molar-refractivity contribution is 7.98. The van der Waals surface area contributed by atoms with Crippen LogP contribution in [0.1, 0.15) is 48.7 Å². The van der Waals surface area contributed by atoms with Gasteiger partial charge in [-0.15, -0.1) is 0 Å². The number of nitrogens with zero attached hydrogens (tertiary/aromatic N) is 2. The van der Waals surface area contributed by atoms with Crippen LogP contribution in [0.15, 0.2) is 52.4 Å². The van der Waals surface area contributed by atoms with Crippen LogP contribution in [0, 0.1) is 12.8 Å². The van der Waals surface area contributed by atoms with Gasteiger partial charge in [0.05, 0.1) is 10.9 Å². The van der Waals surface area contributed by atoms with Crippen molar-refractivity contribution >= 4 is 28.6 Å². The van der Waals surface area contributed by atoms with E-state index in [1.54, 1.807) is 34.5 Å². The van der Waals surface area contributed by atoms with Crippen LogP contribution in [-0.2, 0) is 12.3 Å². The first-order valence-electron chi connectivity index (χ1n) is 10.4. The number of benzene rings is 2. The third-order valence-electron chi connectivity index (χ3n) is 4.75. The van der Waals surface area contributed by atoms with Crippen molar-refractivity contribution in [2.24, 2.45) is 5.92 Å². The normalized spacial score (nSPS) is 11.2. The molecule has 30 heavy (non-hydrogen) atoms. The molecule has 0 aliphatic heterocycles. The number of amides is 1. The second-order valence-electron chi connectivity index (χ2n) is 7.97. The third kappa shape index (κ3) is 5.30. The molecular formula is C24H29N3O2S. The number of carbonyl (C=O) groups is 1. The molecule has 1 heterocycles. The minimum absolute atomic E-state index is 0.0550. The molecule has 158 valence electrons. The quantitative estimate of drug-likeness (QED) is 0.418. The highest BCUT2D eigenvalue weighted by Gasteiger charge is 2.15. The molecule has 0 bridgehead atoms. The number of carbonyl (C=O) groups excluding carboxylic acids is 1. The minimum Gasteiger partial charge on any atom is -0.352 e. The molecule has 0 radical (unpaired) electrons. The summed E-state index contributed by atoms with van der Waals surface area (Å²) in [6.07, 6.45) is 0.872. The van der Waals surface area contributed by atoms with Gasteiger partial charge in [0.2, 0.25) is 0 Å². The van der Waals surface area contributed by atoms with Gasteiger partial charge in [-0.05, 0) is 43.0 Å². The Balaban J connectivity index is 1.99. The number of fused-ring (bicyclic) bond motifs is 1. The predicted molar refractivity (Wildman–Crippen MR) is 124 cm³/mol. The average molecular weight is 424 g/mol. The molecule has 6 heteroatoms. The molecule has 0 unspecified atom stereocenters. The van der Waals surface area contributed by atoms with Gasteiger partial charge in [-0.3, -0.25) is 14.2 Å². The zero-order valence-corrected chi connectivity index (χ0v) is 18.9. The first kappa shape index (κ1) is 22.1. The second kappa shape index (κ2) is 9.94. The summed E-state index contributed by atoms with van der Waals surface area (Å²) in [5.41, 5.74) is 3.44. The number of aromatic nitrogens is 2. The van der Waals surface area contributed by atoms with E-state index in [9.17, 15) is 9.59 Å². The number of hydrogen-bond donors (Lipinski definition) is 1. The minimum atomic E-state index is -0.138. The summed E-state index contributed by atoms with van der Waals surface area (Å²) in [6.45, 7) is 9.49. The van der Waals surface area contributed by atoms with Crippen molar-refractivity contribution < 1.29 is 4.79 Å². The maximum Gasteiger partial charge on any atom is 0.262 e. The van der Waals surface area contributed by atoms with Gasteiger partial charge in [0.25, 0.3) is 11.5 Å². The summed E-state index contributed by atoms with van der Waals surface area (Å²) in [5.74, 6) is 0.910. The van der Waals surface area contributed by atoms with E-state index in [-0.39, 0.29) is 11.5 Å². The average Bonchev–Trinajstić information content (AvgIpc) is 2.73. The Kier molecular flexibility index (Phi) is 7.32. The van der Waals surface area contributed by atoms with E-state index >= 15 is 0 Å². The molecule has 1 N–H and O–H groups in total. The van der Waals surface area contributed by atoms with Crippen LogP contribution in [0.5, 0.6) is 0 Å². The molecule has 0 aliphatic rings. The molecule has 1 amide bonds. The van der Waals surface area contributed by atoms with Gasteiger partial charge in [-0.2, -0.15) is 0 Å². The molecule has 1 aromatic heterocycles. The van der Waals surface area contributed by atoms with E-state index in [1.807, 2.05) is 6.92 Å². The molecule has 0 fully saturated rings. The van der Waals surface area contributed by atoms with Crippen molar-refractivity contribution in [3.05, 3.63) is 69.5 Å². The zero-order valence-electron chi connectivity index (χ0n) is 18.1. The fourth-order valence-electron chi connectivity index (χ4n) is 3.15. The van der Waals surface area contributed by atoms with Gasteiger partial charge >= 0.3 is 0 Å². The van der Waals surface area contributed by atoms with Crippen molar-refractivity contribution in [3.8, 4) is 0 Å². The second-order valence-corrected chi connectivity index (χ2v) is 8.91. The van der Waals surface area contributed by atoms with Crippen molar-refractivity contribution in [2.45, 2.75) is 51.6 Å². The van der Waals surface area contributed by atoms with Gasteiger partial charge in [0.15, 0.2) is 5.16 Å². The summed E-state index contributed by atoms with van der Waals surface area (Å²) in [4.78, 5) is 30.3. The topological polar surface area (TPSA) is 64.0 Å². The molecule has 0 atom stereocenters. The fourth-order valence-corrected chi connectivity index (χ4v) is 4.12. The van der Waals surface area contributed by atoms with E-state index in [4.69, 9.17) is 4.98 Å². The van der Waals surface area contributed by atoms with Gasteiger partial charge in [-0.25, -0.2) is 4.98 Å². The lowest BCUT2D eigenvalue weighted by atomic mass is 10.1. The molecule has 0 saturated carbocycles. The van der Waals surface area contributed by atoms with Crippen LogP contribution in [0.2, 0.25) is 0 Å². The van der Waals surface area contributed by atoms with Gasteiger partial charge in [-0.1, -0.05) is 62.4 Å². The maximum atomic E-state index is 13.2. The summed E-state index contributed by atoms with van der Waals surface area (Å²) < 4.78 is 1.77. The van der Waals surface area contributed by atoms with Crippen LogP contribution < -0.4 is 10.9 Å². The van der Waals surface area contributed by atoms with Crippen molar-refractivity contribution in [2.75, 3.05) is 6.54 Å². The largest absolute Gasteiger partial charge is 0.352 e. The van der Waals surface area contributed by atoms with Gasteiger partial charge < -0.3 is 5.32 Å². The first-order valence-corrected chi connectivity index (χ1v) is 11.4. The SMILES string of the molecule is CCCNC(=O)c1ccc2c(=O)n(CC(C)C)c(SCc3ccc(C)cc3)nc2c1. The molecule has 3 aromatic rings. The maximum absolute atomic E-state index is 13.2. The van der Waals surface area contributed by atoms with Crippen molar-refractivity contribution in [3.63, 3.8) is 0 Å². The summed E-state index contributed by atoms with van der Waals surface area (Å²) in [5, 5.41) is 4.11. The highest BCUT2D eigenvalue weighted by Crippen LogP contribution is 2.23. The number of hydrogen-bond acceptors (Lipinski definition) is 4. The smallest absolute Gasteiger partial charge is 0.262 e. The molecule has 0 aliphatic carbocycles. The van der Waals surface area contributed by atoms with E-state index < -0.39 is 0 Å². The lowest BCUT2D eigenvalue weighted by Gasteiger charge is -2.15. The van der Waals surface area contributed by atoms with E-state index in [0.717, 1.165) is 12.2 Å². The molecule has 3 rings (SSSR count). The monoisotopic (exact) mass is 423 g/mol. The summed E-state index contributed by atoms with van der Waals surface area (Å²) in [7, 11) is 0. The Morgan fingerprint density at radius 2 is 1.90 bits per heavy atom. The first-order chi connectivity index (χ1) is 14.4. The Hall–Kier alpha value is -2.60. The van der Waals surface area contributed by atoms with Crippen molar-refractivity contribution in [1.29, 1.82) is 0 Å². The van der Waals surface area contributed by atoms with Crippen LogP contribution in [0.4, 0.5) is 0 Å². The predicted octanol–water partition coefficient (Wildman–Crippen LogP) is 4.79. The lowest BCUT2D eigenvalue weighted by molar-refractivity contribution is 0.0954. The van der Waals surface area contributed by atoms with Crippen LogP contribution in [-0.4, -0.2) is 22.0 Å². The van der Waals surface area contributed by atoms with E-state index in [0.29, 0.717) is 40.6 Å². The molecule has 0 saturated heterocycles. The van der Waals surface area contributed by atoms with Gasteiger partial charge in [0, 0.05) is 24.4 Å². The lowest BCUT2D eigenvalue weighted by Crippen LogP contribution is -2.26. The number of rotatable bonds is 8. The van der Waals surface area contributed by atoms with Crippen LogP contribution in [0.3, 0.4) is 0 Å². The summed E-state index contributed by atoms with van der Waals surface area (Å²) >= 11 is 1.56. The van der Waals surface area contributed by atoms with Gasteiger partial charge in [0.1, 0.15) is 0 Å². The molecule has 5 nitrogen and oxygen atoms in total. The highest BCUT2D eigenvalue weighted by atomic mass is 32.2. The number of thioether (sulfide) groups is 1. The van der Waals surface area contributed by atoms with Crippen LogP contribution >= 0.6 is 11.8 Å². The van der Waals surface area contributed by atoms with E-state index in [1.165, 1.54) is 11.1 Å². The van der Waals surface area contributed by atoms with E-state index in [2.05, 4.69) is 50.4 Å². The zero-order chi connectivity index (χ0) is 21.7. The Labute approximate surface area is 181 Å². The molecular weight excluding hydrogens is 394 g/mol. The Bertz CT molecular complexity index is 1090. The molecule has 0 spiro atoms. The number of aryl methyl sites for hydroxylation is 1. The summed E-state index contributed by atoms with van der Waals surface area (Å²) in [6, 6.07) is 13.5. The standard InChI is InChI=1S/C24H29N3O2S/c1-5-12-25-22(28)19-10-11-20-21(13-19)26-24(27(23(20)29)14-16(2)3)30-15-18-8-6-17(4)7-9-18/h6-11,13,16H,5,12,14-15H2,1-4H3,(H,25,28). The third-order valence-corrected chi connectivity index (χ3v) is 5.80. The number of nitrogens with one attached hydrogen (secondary N) is 1.